The normalized spacial score (nSPS) is 11.7. The molecule has 0 aromatic heterocycles. The molecule has 9 aromatic carbocycles. The largest absolute Gasteiger partial charge is 0.311 e. The third kappa shape index (κ3) is 7.20. The van der Waals surface area contributed by atoms with Crippen LogP contribution in [-0.2, 0) is 0 Å². The highest BCUT2D eigenvalue weighted by molar-refractivity contribution is 6.14. The topological polar surface area (TPSA) is 6.48 Å². The van der Waals surface area contributed by atoms with Crippen LogP contribution in [0.5, 0.6) is 0 Å². The lowest BCUT2D eigenvalue weighted by molar-refractivity contribution is 1.28. The van der Waals surface area contributed by atoms with Gasteiger partial charge in [0.25, 0.3) is 0 Å². The maximum atomic E-state index is 2.41. The summed E-state index contributed by atoms with van der Waals surface area (Å²) in [4.78, 5) is 4.73. The van der Waals surface area contributed by atoms with Crippen molar-refractivity contribution in [2.75, 3.05) is 9.80 Å². The smallest absolute Gasteiger partial charge is 0.0546 e. The Balaban J connectivity index is 1.12. The van der Waals surface area contributed by atoms with Crippen molar-refractivity contribution in [3.05, 3.63) is 236 Å². The van der Waals surface area contributed by atoms with Gasteiger partial charge in [0.15, 0.2) is 0 Å². The van der Waals surface area contributed by atoms with Crippen molar-refractivity contribution < 1.29 is 0 Å². The SMILES string of the molecule is C/C=C\C(=C/C)c1ccc(N(c2cccc(-c3ccc(N(c4ccccc4)c4ccc(-c5ccccc5)cc4)cc3)c2)c2cc3ccccc3c3ccccc23)cc1. The van der Waals surface area contributed by atoms with Gasteiger partial charge in [-0.1, -0.05) is 164 Å². The molecule has 278 valence electrons. The van der Waals surface area contributed by atoms with Crippen molar-refractivity contribution in [1.82, 2.24) is 0 Å². The average molecular weight is 745 g/mol. The molecule has 0 saturated heterocycles. The van der Waals surface area contributed by atoms with Crippen LogP contribution in [0.4, 0.5) is 34.1 Å². The van der Waals surface area contributed by atoms with E-state index >= 15 is 0 Å². The highest BCUT2D eigenvalue weighted by atomic mass is 15.1. The summed E-state index contributed by atoms with van der Waals surface area (Å²) in [5.74, 6) is 0. The molecule has 2 heteroatoms. The predicted molar refractivity (Wildman–Crippen MR) is 250 cm³/mol. The van der Waals surface area contributed by atoms with Crippen molar-refractivity contribution >= 4 is 61.2 Å². The fourth-order valence-corrected chi connectivity index (χ4v) is 8.07. The molecule has 9 aromatic rings. The number of para-hydroxylation sites is 1. The highest BCUT2D eigenvalue weighted by Gasteiger charge is 2.19. The monoisotopic (exact) mass is 744 g/mol. The van der Waals surface area contributed by atoms with E-state index in [9.17, 15) is 0 Å². The van der Waals surface area contributed by atoms with Gasteiger partial charge in [-0.25, -0.2) is 0 Å². The van der Waals surface area contributed by atoms with Crippen molar-refractivity contribution in [3.63, 3.8) is 0 Å². The Labute approximate surface area is 341 Å². The van der Waals surface area contributed by atoms with Crippen LogP contribution in [0, 0.1) is 0 Å². The number of allylic oxidation sites excluding steroid dienone is 4. The third-order valence-corrected chi connectivity index (χ3v) is 10.9. The lowest BCUT2D eigenvalue weighted by atomic mass is 9.98. The molecule has 0 bridgehead atoms. The molecule has 0 aliphatic carbocycles. The Morgan fingerprint density at radius 1 is 0.362 bits per heavy atom. The number of hydrogen-bond acceptors (Lipinski definition) is 2. The second-order valence-corrected chi connectivity index (χ2v) is 14.5. The van der Waals surface area contributed by atoms with Crippen molar-refractivity contribution in [1.29, 1.82) is 0 Å². The maximum Gasteiger partial charge on any atom is 0.0546 e. The fourth-order valence-electron chi connectivity index (χ4n) is 8.07. The third-order valence-electron chi connectivity index (χ3n) is 10.9. The lowest BCUT2D eigenvalue weighted by Crippen LogP contribution is -2.11. The Hall–Kier alpha value is -7.42. The summed E-state index contributed by atoms with van der Waals surface area (Å²) >= 11 is 0. The molecule has 58 heavy (non-hydrogen) atoms. The number of rotatable bonds is 10. The molecule has 0 N–H and O–H groups in total. The molecule has 0 heterocycles. The van der Waals surface area contributed by atoms with Crippen molar-refractivity contribution in [2.24, 2.45) is 0 Å². The Morgan fingerprint density at radius 2 is 0.845 bits per heavy atom. The molecule has 0 aliphatic rings. The number of fused-ring (bicyclic) bond motifs is 3. The van der Waals surface area contributed by atoms with Crippen LogP contribution in [0.25, 0.3) is 49.4 Å². The van der Waals surface area contributed by atoms with Gasteiger partial charge in [-0.05, 0) is 130 Å². The summed E-state index contributed by atoms with van der Waals surface area (Å²) in [5, 5.41) is 4.92. The molecule has 0 atom stereocenters. The second-order valence-electron chi connectivity index (χ2n) is 14.5. The second kappa shape index (κ2) is 16.4. The predicted octanol–water partition coefficient (Wildman–Crippen LogP) is 16.2. The molecule has 0 aliphatic heterocycles. The summed E-state index contributed by atoms with van der Waals surface area (Å²) in [5.41, 5.74) is 13.8. The fraction of sp³-hybridized carbons (Fsp3) is 0.0357. The summed E-state index contributed by atoms with van der Waals surface area (Å²) in [7, 11) is 0. The van der Waals surface area contributed by atoms with Crippen LogP contribution in [0.15, 0.2) is 231 Å². The summed E-state index contributed by atoms with van der Waals surface area (Å²) in [6.45, 7) is 4.16. The first-order chi connectivity index (χ1) is 28.7. The minimum absolute atomic E-state index is 1.10. The maximum absolute atomic E-state index is 2.41. The molecule has 0 unspecified atom stereocenters. The lowest BCUT2D eigenvalue weighted by Gasteiger charge is -2.28. The molecule has 0 amide bonds. The highest BCUT2D eigenvalue weighted by Crippen LogP contribution is 2.43. The molecule has 2 nitrogen and oxygen atoms in total. The minimum Gasteiger partial charge on any atom is -0.311 e. The van der Waals surface area contributed by atoms with Gasteiger partial charge in [0, 0.05) is 33.8 Å². The zero-order chi connectivity index (χ0) is 39.3. The van der Waals surface area contributed by atoms with Gasteiger partial charge in [-0.15, -0.1) is 0 Å². The van der Waals surface area contributed by atoms with Gasteiger partial charge in [0.05, 0.1) is 5.69 Å². The summed E-state index contributed by atoms with van der Waals surface area (Å²) in [6, 6.07) is 76.7. The zero-order valence-corrected chi connectivity index (χ0v) is 32.8. The summed E-state index contributed by atoms with van der Waals surface area (Å²) in [6.07, 6.45) is 6.43. The van der Waals surface area contributed by atoms with Gasteiger partial charge in [-0.3, -0.25) is 0 Å². The standard InChI is InChI=1S/C56H44N2/c1-3-16-41(4-2)43-27-37-51(38-28-43)58(56-40-47-19-11-12-24-53(47)54-25-13-14-26-55(54)56)52-23-15-20-46(39-52)45-31-35-50(36-32-45)57(48-21-9-6-10-22-48)49-33-29-44(30-34-49)42-17-7-5-8-18-42/h3-40H,1-2H3/b16-3-,41-4+. The van der Waals surface area contributed by atoms with E-state index in [1.54, 1.807) is 0 Å². The van der Waals surface area contributed by atoms with Gasteiger partial charge in [-0.2, -0.15) is 0 Å². The molecular formula is C56H44N2. The van der Waals surface area contributed by atoms with Crippen LogP contribution in [-0.4, -0.2) is 0 Å². The van der Waals surface area contributed by atoms with Gasteiger partial charge < -0.3 is 9.80 Å². The van der Waals surface area contributed by atoms with Gasteiger partial charge in [0.1, 0.15) is 0 Å². The number of hydrogen-bond donors (Lipinski definition) is 0. The van der Waals surface area contributed by atoms with E-state index in [1.807, 2.05) is 0 Å². The molecule has 9 rings (SSSR count). The molecule has 0 saturated carbocycles. The van der Waals surface area contributed by atoms with Crippen LogP contribution in [0.3, 0.4) is 0 Å². The number of nitrogens with zero attached hydrogens (tertiary/aromatic N) is 2. The van der Waals surface area contributed by atoms with E-state index in [-0.39, 0.29) is 0 Å². The Morgan fingerprint density at radius 3 is 1.50 bits per heavy atom. The Bertz CT molecular complexity index is 2870. The van der Waals surface area contributed by atoms with E-state index in [4.69, 9.17) is 0 Å². The first-order valence-corrected chi connectivity index (χ1v) is 20.0. The molecular weight excluding hydrogens is 701 g/mol. The van der Waals surface area contributed by atoms with Crippen LogP contribution in [0.1, 0.15) is 19.4 Å². The first-order valence-electron chi connectivity index (χ1n) is 20.0. The van der Waals surface area contributed by atoms with Crippen LogP contribution >= 0.6 is 0 Å². The van der Waals surface area contributed by atoms with E-state index in [0.717, 1.165) is 45.3 Å². The van der Waals surface area contributed by atoms with Crippen molar-refractivity contribution in [2.45, 2.75) is 13.8 Å². The Kier molecular flexibility index (Phi) is 10.2. The van der Waals surface area contributed by atoms with Crippen molar-refractivity contribution in [3.8, 4) is 22.3 Å². The van der Waals surface area contributed by atoms with E-state index in [0.29, 0.717) is 0 Å². The molecule has 0 fully saturated rings. The number of anilines is 6. The molecule has 0 radical (unpaired) electrons. The van der Waals surface area contributed by atoms with E-state index < -0.39 is 0 Å². The number of benzene rings is 9. The average Bonchev–Trinajstić information content (AvgIpc) is 3.30. The van der Waals surface area contributed by atoms with E-state index in [1.165, 1.54) is 43.8 Å². The molecule has 0 spiro atoms. The van der Waals surface area contributed by atoms with Gasteiger partial charge in [0.2, 0.25) is 0 Å². The quantitative estimate of drug-likeness (QED) is 0.102. The van der Waals surface area contributed by atoms with Crippen LogP contribution < -0.4 is 9.80 Å². The van der Waals surface area contributed by atoms with Gasteiger partial charge >= 0.3 is 0 Å². The van der Waals surface area contributed by atoms with Crippen LogP contribution in [0.2, 0.25) is 0 Å². The minimum atomic E-state index is 1.10. The van der Waals surface area contributed by atoms with E-state index in [2.05, 4.69) is 254 Å². The zero-order valence-electron chi connectivity index (χ0n) is 32.8. The first kappa shape index (κ1) is 36.2. The summed E-state index contributed by atoms with van der Waals surface area (Å²) < 4.78 is 0.